The summed E-state index contributed by atoms with van der Waals surface area (Å²) in [7, 11) is 1.58. The van der Waals surface area contributed by atoms with E-state index in [1.165, 1.54) is 0 Å². The lowest BCUT2D eigenvalue weighted by Gasteiger charge is -2.08. The van der Waals surface area contributed by atoms with Crippen LogP contribution in [0.25, 0.3) is 0 Å². The van der Waals surface area contributed by atoms with E-state index in [0.29, 0.717) is 29.4 Å². The Bertz CT molecular complexity index is 1150. The Kier molecular flexibility index (Phi) is 5.95. The monoisotopic (exact) mass is 425 g/mol. The highest BCUT2D eigenvalue weighted by atomic mass is 16.6. The van der Waals surface area contributed by atoms with E-state index in [-0.39, 0.29) is 5.56 Å². The number of non-ortho nitro benzene ring substituents is 2. The molecule has 1 amide bonds. The summed E-state index contributed by atoms with van der Waals surface area (Å²) in [6.45, 7) is 3.91. The summed E-state index contributed by atoms with van der Waals surface area (Å²) in [6, 6.07) is 10.3. The lowest BCUT2D eigenvalue weighted by Crippen LogP contribution is -2.14. The van der Waals surface area contributed by atoms with E-state index in [9.17, 15) is 25.0 Å². The number of nitrogens with one attached hydrogen (secondary N) is 1. The molecule has 2 aromatic carbocycles. The van der Waals surface area contributed by atoms with Crippen molar-refractivity contribution >= 4 is 23.0 Å². The fourth-order valence-electron chi connectivity index (χ4n) is 3.10. The Labute approximate surface area is 176 Å². The number of nitro benzene ring substituents is 2. The third-order valence-electron chi connectivity index (χ3n) is 4.67. The molecule has 0 aliphatic rings. The fraction of sp³-hybridized carbons (Fsp3) is 0.200. The number of nitro groups is 2. The second-order valence-corrected chi connectivity index (χ2v) is 6.76. The first-order chi connectivity index (χ1) is 14.7. The average Bonchev–Trinajstić information content (AvgIpc) is 3.00. The molecule has 0 radical (unpaired) electrons. The lowest BCUT2D eigenvalue weighted by molar-refractivity contribution is -0.394. The molecular weight excluding hydrogens is 406 g/mol. The molecule has 0 saturated carbocycles. The van der Waals surface area contributed by atoms with Gasteiger partial charge in [0.1, 0.15) is 5.75 Å². The standard InChI is InChI=1S/C20H19N5O6/c1-12-19(13(2)23(22-12)11-14-5-4-6-18(7-14)31-3)21-20(26)15-8-16(24(27)28)10-17(9-15)25(29)30/h4-10H,11H2,1-3H3,(H,21,26). The van der Waals surface area contributed by atoms with Crippen molar-refractivity contribution in [2.24, 2.45) is 0 Å². The minimum Gasteiger partial charge on any atom is -0.497 e. The van der Waals surface area contributed by atoms with Gasteiger partial charge < -0.3 is 10.1 Å². The number of aryl methyl sites for hydroxylation is 1. The number of rotatable bonds is 7. The Balaban J connectivity index is 1.89. The van der Waals surface area contributed by atoms with E-state index < -0.39 is 27.1 Å². The molecule has 1 heterocycles. The molecule has 0 aliphatic heterocycles. The summed E-state index contributed by atoms with van der Waals surface area (Å²) in [5, 5.41) is 29.2. The number of hydrogen-bond donors (Lipinski definition) is 1. The highest BCUT2D eigenvalue weighted by Gasteiger charge is 2.22. The number of benzene rings is 2. The van der Waals surface area contributed by atoms with Crippen molar-refractivity contribution in [2.75, 3.05) is 12.4 Å². The molecule has 31 heavy (non-hydrogen) atoms. The predicted octanol–water partition coefficient (Wildman–Crippen LogP) is 3.63. The Morgan fingerprint density at radius 2 is 1.74 bits per heavy atom. The SMILES string of the molecule is COc1cccc(Cn2nc(C)c(NC(=O)c3cc([N+](=O)[O-])cc([N+](=O)[O-])c3)c2C)c1. The van der Waals surface area contributed by atoms with E-state index >= 15 is 0 Å². The average molecular weight is 425 g/mol. The van der Waals surface area contributed by atoms with Gasteiger partial charge >= 0.3 is 0 Å². The molecule has 160 valence electrons. The summed E-state index contributed by atoms with van der Waals surface area (Å²) in [6.07, 6.45) is 0. The van der Waals surface area contributed by atoms with Crippen molar-refractivity contribution in [1.29, 1.82) is 0 Å². The summed E-state index contributed by atoms with van der Waals surface area (Å²) in [5.74, 6) is -0.00115. The summed E-state index contributed by atoms with van der Waals surface area (Å²) >= 11 is 0. The fourth-order valence-corrected chi connectivity index (χ4v) is 3.10. The molecular formula is C20H19N5O6. The van der Waals surface area contributed by atoms with Crippen LogP contribution in [0.5, 0.6) is 5.75 Å². The van der Waals surface area contributed by atoms with Crippen LogP contribution in [0.2, 0.25) is 0 Å². The van der Waals surface area contributed by atoms with Gasteiger partial charge in [0.25, 0.3) is 17.3 Å². The first-order valence-corrected chi connectivity index (χ1v) is 9.11. The zero-order valence-corrected chi connectivity index (χ0v) is 17.0. The third-order valence-corrected chi connectivity index (χ3v) is 4.67. The van der Waals surface area contributed by atoms with Gasteiger partial charge in [0.2, 0.25) is 0 Å². The second kappa shape index (κ2) is 8.61. The largest absolute Gasteiger partial charge is 0.497 e. The summed E-state index contributed by atoms with van der Waals surface area (Å²) in [4.78, 5) is 33.3. The molecule has 1 N–H and O–H groups in total. The molecule has 0 spiro atoms. The number of carbonyl (C=O) groups is 1. The van der Waals surface area contributed by atoms with Gasteiger partial charge in [-0.05, 0) is 31.5 Å². The van der Waals surface area contributed by atoms with E-state index in [1.54, 1.807) is 25.6 Å². The molecule has 0 bridgehead atoms. The van der Waals surface area contributed by atoms with Gasteiger partial charge in [0.05, 0.1) is 52.2 Å². The normalized spacial score (nSPS) is 10.5. The third kappa shape index (κ3) is 4.66. The topological polar surface area (TPSA) is 142 Å². The molecule has 1 aromatic heterocycles. The molecule has 11 heteroatoms. The maximum atomic E-state index is 12.7. The second-order valence-electron chi connectivity index (χ2n) is 6.76. The van der Waals surface area contributed by atoms with Crippen LogP contribution in [-0.4, -0.2) is 32.6 Å². The first-order valence-electron chi connectivity index (χ1n) is 9.11. The molecule has 0 aliphatic carbocycles. The molecule has 11 nitrogen and oxygen atoms in total. The predicted molar refractivity (Wildman–Crippen MR) is 112 cm³/mol. The van der Waals surface area contributed by atoms with Crippen molar-refractivity contribution in [3.8, 4) is 5.75 Å². The lowest BCUT2D eigenvalue weighted by atomic mass is 10.1. The number of nitrogens with zero attached hydrogens (tertiary/aromatic N) is 4. The van der Waals surface area contributed by atoms with Gasteiger partial charge in [-0.2, -0.15) is 5.10 Å². The van der Waals surface area contributed by atoms with Crippen LogP contribution in [0.15, 0.2) is 42.5 Å². The Hall–Kier alpha value is -4.28. The molecule has 0 unspecified atom stereocenters. The van der Waals surface area contributed by atoms with E-state index in [2.05, 4.69) is 10.4 Å². The van der Waals surface area contributed by atoms with Crippen LogP contribution in [0.1, 0.15) is 27.3 Å². The van der Waals surface area contributed by atoms with Gasteiger partial charge in [-0.25, -0.2) is 0 Å². The minimum atomic E-state index is -0.785. The van der Waals surface area contributed by atoms with Crippen LogP contribution in [0.4, 0.5) is 17.1 Å². The van der Waals surface area contributed by atoms with E-state index in [4.69, 9.17) is 4.74 Å². The first kappa shape index (κ1) is 21.4. The summed E-state index contributed by atoms with van der Waals surface area (Å²) in [5.41, 5.74) is 1.30. The number of carbonyl (C=O) groups excluding carboxylic acids is 1. The molecule has 3 aromatic rings. The number of aromatic nitrogens is 2. The molecule has 0 saturated heterocycles. The number of methoxy groups -OCH3 is 1. The van der Waals surface area contributed by atoms with Crippen LogP contribution in [-0.2, 0) is 6.54 Å². The number of amides is 1. The van der Waals surface area contributed by atoms with Gasteiger partial charge in [-0.3, -0.25) is 29.7 Å². The van der Waals surface area contributed by atoms with Crippen LogP contribution in [0, 0.1) is 34.1 Å². The van der Waals surface area contributed by atoms with Crippen LogP contribution in [0.3, 0.4) is 0 Å². The van der Waals surface area contributed by atoms with Gasteiger partial charge in [0, 0.05) is 12.1 Å². The van der Waals surface area contributed by atoms with E-state index in [1.807, 2.05) is 24.3 Å². The van der Waals surface area contributed by atoms with Crippen molar-refractivity contribution in [3.05, 3.63) is 85.2 Å². The van der Waals surface area contributed by atoms with E-state index in [0.717, 1.165) is 23.8 Å². The number of hydrogen-bond acceptors (Lipinski definition) is 7. The quantitative estimate of drug-likeness (QED) is 0.450. The highest BCUT2D eigenvalue weighted by molar-refractivity contribution is 6.05. The van der Waals surface area contributed by atoms with Crippen molar-refractivity contribution in [1.82, 2.24) is 9.78 Å². The highest BCUT2D eigenvalue weighted by Crippen LogP contribution is 2.26. The van der Waals surface area contributed by atoms with Crippen molar-refractivity contribution in [2.45, 2.75) is 20.4 Å². The van der Waals surface area contributed by atoms with Gasteiger partial charge in [-0.1, -0.05) is 12.1 Å². The zero-order valence-electron chi connectivity index (χ0n) is 17.0. The van der Waals surface area contributed by atoms with Crippen molar-refractivity contribution < 1.29 is 19.4 Å². The maximum absolute atomic E-state index is 12.7. The van der Waals surface area contributed by atoms with Crippen LogP contribution < -0.4 is 10.1 Å². The Morgan fingerprint density at radius 1 is 1.10 bits per heavy atom. The van der Waals surface area contributed by atoms with Gasteiger partial charge in [0.15, 0.2) is 0 Å². The number of anilines is 1. The summed E-state index contributed by atoms with van der Waals surface area (Å²) < 4.78 is 6.93. The minimum absolute atomic E-state index is 0.194. The molecule has 3 rings (SSSR count). The van der Waals surface area contributed by atoms with Gasteiger partial charge in [-0.15, -0.1) is 0 Å². The smallest absolute Gasteiger partial charge is 0.277 e. The van der Waals surface area contributed by atoms with Crippen LogP contribution >= 0.6 is 0 Å². The van der Waals surface area contributed by atoms with Crippen molar-refractivity contribution in [3.63, 3.8) is 0 Å². The molecule has 0 fully saturated rings. The number of ether oxygens (including phenoxy) is 1. The Morgan fingerprint density at radius 3 is 2.32 bits per heavy atom. The zero-order chi connectivity index (χ0) is 22.7. The maximum Gasteiger partial charge on any atom is 0.277 e. The molecule has 0 atom stereocenters.